The zero-order valence-electron chi connectivity index (χ0n) is 19.8. The molecule has 0 unspecified atom stereocenters. The fourth-order valence-electron chi connectivity index (χ4n) is 3.87. The molecule has 2 aromatic carbocycles. The smallest absolute Gasteiger partial charge is 0.255 e. The van der Waals surface area contributed by atoms with Crippen LogP contribution in [-0.4, -0.2) is 41.5 Å². The summed E-state index contributed by atoms with van der Waals surface area (Å²) in [5.41, 5.74) is 2.65. The number of rotatable bonds is 9. The number of amides is 1. The van der Waals surface area contributed by atoms with Crippen LogP contribution in [0.15, 0.2) is 60.1 Å². The number of aromatic nitrogens is 3. The second-order valence-corrected chi connectivity index (χ2v) is 7.89. The summed E-state index contributed by atoms with van der Waals surface area (Å²) in [7, 11) is 3.13. The van der Waals surface area contributed by atoms with E-state index in [-0.39, 0.29) is 5.91 Å². The van der Waals surface area contributed by atoms with E-state index in [1.807, 2.05) is 31.2 Å². The third-order valence-electron chi connectivity index (χ3n) is 5.66. The van der Waals surface area contributed by atoms with Gasteiger partial charge in [0.15, 0.2) is 0 Å². The Balaban J connectivity index is 1.66. The molecule has 9 heteroatoms. The van der Waals surface area contributed by atoms with Gasteiger partial charge in [0, 0.05) is 11.8 Å². The van der Waals surface area contributed by atoms with Crippen molar-refractivity contribution in [2.75, 3.05) is 31.5 Å². The van der Waals surface area contributed by atoms with Crippen LogP contribution in [0, 0.1) is 0 Å². The maximum atomic E-state index is 13.6. The van der Waals surface area contributed by atoms with Gasteiger partial charge in [0.25, 0.3) is 5.91 Å². The Morgan fingerprint density at radius 3 is 2.59 bits per heavy atom. The third-order valence-corrected chi connectivity index (χ3v) is 5.66. The number of unbranched alkanes of at least 4 members (excludes halogenated alkanes) is 1. The minimum absolute atomic E-state index is 0.275. The van der Waals surface area contributed by atoms with Crippen LogP contribution in [0.4, 0.5) is 11.6 Å². The highest BCUT2D eigenvalue weighted by Gasteiger charge is 2.33. The van der Waals surface area contributed by atoms with E-state index in [9.17, 15) is 4.79 Å². The Morgan fingerprint density at radius 1 is 1.12 bits per heavy atom. The molecule has 4 rings (SSSR count). The molecule has 0 spiro atoms. The van der Waals surface area contributed by atoms with Crippen LogP contribution in [0.1, 0.15) is 38.3 Å². The van der Waals surface area contributed by atoms with Crippen molar-refractivity contribution in [3.05, 3.63) is 65.6 Å². The summed E-state index contributed by atoms with van der Waals surface area (Å²) < 4.78 is 18.2. The number of anilines is 2. The van der Waals surface area contributed by atoms with Crippen LogP contribution in [0.25, 0.3) is 0 Å². The number of hydrogen-bond acceptors (Lipinski definition) is 7. The highest BCUT2D eigenvalue weighted by Crippen LogP contribution is 2.37. The number of allylic oxidation sites excluding steroid dienone is 1. The van der Waals surface area contributed by atoms with E-state index in [0.717, 1.165) is 24.2 Å². The van der Waals surface area contributed by atoms with Crippen molar-refractivity contribution >= 4 is 17.5 Å². The first-order chi connectivity index (χ1) is 16.5. The van der Waals surface area contributed by atoms with E-state index in [1.54, 1.807) is 37.1 Å². The van der Waals surface area contributed by atoms with E-state index in [2.05, 4.69) is 27.6 Å². The topological polar surface area (TPSA) is 99.5 Å². The molecule has 1 aliphatic rings. The average Bonchev–Trinajstić information content (AvgIpc) is 3.32. The number of hydrogen-bond donors (Lipinski definition) is 2. The summed E-state index contributed by atoms with van der Waals surface area (Å²) in [6.07, 6.45) is 3.54. The van der Waals surface area contributed by atoms with Crippen LogP contribution in [0.3, 0.4) is 0 Å². The molecule has 9 nitrogen and oxygen atoms in total. The quantitative estimate of drug-likeness (QED) is 0.454. The number of fused-ring (bicyclic) bond motifs is 1. The normalized spacial score (nSPS) is 14.8. The van der Waals surface area contributed by atoms with Crippen molar-refractivity contribution in [1.29, 1.82) is 0 Å². The minimum atomic E-state index is -0.465. The molecule has 1 aromatic heterocycles. The summed E-state index contributed by atoms with van der Waals surface area (Å²) in [4.78, 5) is 17.9. The predicted octanol–water partition coefficient (Wildman–Crippen LogP) is 4.40. The molecule has 0 radical (unpaired) electrons. The second-order valence-electron chi connectivity index (χ2n) is 7.89. The van der Waals surface area contributed by atoms with Gasteiger partial charge >= 0.3 is 0 Å². The minimum Gasteiger partial charge on any atom is -0.497 e. The van der Waals surface area contributed by atoms with Gasteiger partial charge in [-0.05, 0) is 43.2 Å². The Labute approximate surface area is 198 Å². The van der Waals surface area contributed by atoms with Gasteiger partial charge in [0.1, 0.15) is 29.6 Å². The van der Waals surface area contributed by atoms with Crippen LogP contribution in [0.2, 0.25) is 0 Å². The van der Waals surface area contributed by atoms with Crippen molar-refractivity contribution in [2.24, 2.45) is 0 Å². The van der Waals surface area contributed by atoms with E-state index < -0.39 is 6.04 Å². The molecule has 0 saturated carbocycles. The molecule has 0 aliphatic carbocycles. The molecule has 2 N–H and O–H groups in total. The first-order valence-corrected chi connectivity index (χ1v) is 11.2. The van der Waals surface area contributed by atoms with E-state index >= 15 is 0 Å². The molecule has 0 fully saturated rings. The first-order valence-electron chi connectivity index (χ1n) is 11.2. The Hall–Kier alpha value is -4.01. The lowest BCUT2D eigenvalue weighted by Gasteiger charge is -2.29. The molecule has 2 heterocycles. The maximum absolute atomic E-state index is 13.6. The van der Waals surface area contributed by atoms with Gasteiger partial charge in [0.2, 0.25) is 5.95 Å². The molecule has 34 heavy (non-hydrogen) atoms. The summed E-state index contributed by atoms with van der Waals surface area (Å²) in [6.45, 7) is 4.66. The summed E-state index contributed by atoms with van der Waals surface area (Å²) in [5, 5.41) is 10.5. The molecule has 1 aliphatic heterocycles. The predicted molar refractivity (Wildman–Crippen MR) is 130 cm³/mol. The molecular formula is C25H29N5O4. The van der Waals surface area contributed by atoms with E-state index in [1.165, 1.54) is 6.33 Å². The number of carbonyl (C=O) groups excluding carboxylic acids is 1. The lowest BCUT2D eigenvalue weighted by molar-refractivity contribution is -0.113. The molecule has 1 atom stereocenters. The van der Waals surface area contributed by atoms with E-state index in [0.29, 0.717) is 41.0 Å². The number of ether oxygens (including phenoxy) is 3. The zero-order valence-corrected chi connectivity index (χ0v) is 19.8. The van der Waals surface area contributed by atoms with Gasteiger partial charge in [-0.15, -0.1) is 0 Å². The van der Waals surface area contributed by atoms with Gasteiger partial charge in [0.05, 0.1) is 32.1 Å². The largest absolute Gasteiger partial charge is 0.497 e. The maximum Gasteiger partial charge on any atom is 0.255 e. The SMILES string of the molecule is CCCCOc1ccc([C@@H]2C(C(=O)Nc3ccc(OC)cc3OC)=C(C)Nc3ncnn32)cc1. The van der Waals surface area contributed by atoms with Crippen molar-refractivity contribution < 1.29 is 19.0 Å². The molecule has 0 saturated heterocycles. The molecule has 0 bridgehead atoms. The van der Waals surface area contributed by atoms with Crippen LogP contribution >= 0.6 is 0 Å². The standard InChI is InChI=1S/C25H29N5O4/c1-5-6-13-34-18-9-7-17(8-10-18)23-22(16(2)28-25-26-15-27-30(23)25)24(31)29-20-12-11-19(32-3)14-21(20)33-4/h7-12,14-15,23H,5-6,13H2,1-4H3,(H,29,31)(H,26,27,28)/t23-/m1/s1. The second kappa shape index (κ2) is 10.3. The Kier molecular flexibility index (Phi) is 7.01. The monoisotopic (exact) mass is 463 g/mol. The number of carbonyl (C=O) groups is 1. The van der Waals surface area contributed by atoms with Crippen LogP contribution in [0.5, 0.6) is 17.2 Å². The zero-order chi connectivity index (χ0) is 24.1. The number of methoxy groups -OCH3 is 2. The Bertz CT molecular complexity index is 1190. The first kappa shape index (κ1) is 23.2. The average molecular weight is 464 g/mol. The van der Waals surface area contributed by atoms with Gasteiger partial charge in [-0.25, -0.2) is 4.68 Å². The van der Waals surface area contributed by atoms with Gasteiger partial charge in [-0.3, -0.25) is 4.79 Å². The van der Waals surface area contributed by atoms with Gasteiger partial charge in [-0.2, -0.15) is 10.1 Å². The highest BCUT2D eigenvalue weighted by molar-refractivity contribution is 6.06. The fourth-order valence-corrected chi connectivity index (χ4v) is 3.87. The van der Waals surface area contributed by atoms with Crippen molar-refractivity contribution in [2.45, 2.75) is 32.7 Å². The molecule has 3 aromatic rings. The Morgan fingerprint density at radius 2 is 1.88 bits per heavy atom. The van der Waals surface area contributed by atoms with Gasteiger partial charge in [-0.1, -0.05) is 25.5 Å². The highest BCUT2D eigenvalue weighted by atomic mass is 16.5. The number of benzene rings is 2. The summed E-state index contributed by atoms with van der Waals surface area (Å²) in [6, 6.07) is 12.5. The van der Waals surface area contributed by atoms with Crippen LogP contribution in [-0.2, 0) is 4.79 Å². The lowest BCUT2D eigenvalue weighted by atomic mass is 9.95. The van der Waals surface area contributed by atoms with E-state index in [4.69, 9.17) is 14.2 Å². The molecular weight excluding hydrogens is 434 g/mol. The number of nitrogens with zero attached hydrogens (tertiary/aromatic N) is 3. The van der Waals surface area contributed by atoms with Crippen LogP contribution < -0.4 is 24.8 Å². The number of nitrogens with one attached hydrogen (secondary N) is 2. The molecule has 178 valence electrons. The van der Waals surface area contributed by atoms with Crippen molar-refractivity contribution in [3.8, 4) is 17.2 Å². The third kappa shape index (κ3) is 4.68. The summed E-state index contributed by atoms with van der Waals surface area (Å²) in [5.74, 6) is 2.23. The fraction of sp³-hybridized carbons (Fsp3) is 0.320. The van der Waals surface area contributed by atoms with Crippen molar-refractivity contribution in [1.82, 2.24) is 14.8 Å². The van der Waals surface area contributed by atoms with Crippen molar-refractivity contribution in [3.63, 3.8) is 0 Å². The summed E-state index contributed by atoms with van der Waals surface area (Å²) >= 11 is 0. The lowest BCUT2D eigenvalue weighted by Crippen LogP contribution is -2.31. The molecule has 1 amide bonds. The van der Waals surface area contributed by atoms with Gasteiger partial charge < -0.3 is 24.8 Å².